The average molecular weight is 138 g/mol. The van der Waals surface area contributed by atoms with Crippen molar-refractivity contribution in [3.05, 3.63) is 11.8 Å². The summed E-state index contributed by atoms with van der Waals surface area (Å²) in [6, 6.07) is 0. The maximum Gasteiger partial charge on any atom is 0.417 e. The van der Waals surface area contributed by atoms with Crippen LogP contribution in [0, 0.1) is 0 Å². The number of alkyl halides is 3. The van der Waals surface area contributed by atoms with Crippen LogP contribution in [0.5, 0.6) is 0 Å². The van der Waals surface area contributed by atoms with E-state index in [4.69, 9.17) is 0 Å². The third kappa shape index (κ3) is 1.35. The number of rotatable bonds is 0. The highest BCUT2D eigenvalue weighted by Crippen LogP contribution is 2.26. The number of halogens is 3. The summed E-state index contributed by atoms with van der Waals surface area (Å²) in [5.74, 6) is 0. The Morgan fingerprint density at radius 2 is 2.22 bits per heavy atom. The molecule has 1 heterocycles. The minimum Gasteiger partial charge on any atom is -0.395 e. The van der Waals surface area contributed by atoms with Gasteiger partial charge in [0.15, 0.2) is 0 Å². The van der Waals surface area contributed by atoms with Gasteiger partial charge in [-0.15, -0.1) is 0 Å². The predicted molar refractivity (Wildman–Crippen MR) is 22.2 cm³/mol. The lowest BCUT2D eigenvalue weighted by Crippen LogP contribution is -2.14. The van der Waals surface area contributed by atoms with Crippen molar-refractivity contribution in [2.75, 3.05) is 6.54 Å². The molecule has 1 rings (SSSR count). The van der Waals surface area contributed by atoms with E-state index in [0.717, 1.165) is 0 Å². The van der Waals surface area contributed by atoms with Gasteiger partial charge in [0.05, 0.1) is 12.1 Å². The van der Waals surface area contributed by atoms with Gasteiger partial charge in [-0.3, -0.25) is 0 Å². The van der Waals surface area contributed by atoms with Gasteiger partial charge in [0, 0.05) is 0 Å². The van der Waals surface area contributed by atoms with Gasteiger partial charge in [-0.1, -0.05) is 0 Å². The number of hydrogen-bond donors (Lipinski definition) is 0. The molecule has 2 nitrogen and oxygen atoms in total. The fraction of sp³-hybridized carbons (Fsp3) is 0.500. The largest absolute Gasteiger partial charge is 0.417 e. The van der Waals surface area contributed by atoms with Crippen LogP contribution in [0.1, 0.15) is 0 Å². The maximum absolute atomic E-state index is 11.6. The molecule has 0 N–H and O–H groups in total. The van der Waals surface area contributed by atoms with Crippen LogP contribution in [0.15, 0.2) is 11.8 Å². The highest BCUT2D eigenvalue weighted by molar-refractivity contribution is 5.09. The summed E-state index contributed by atoms with van der Waals surface area (Å²) >= 11 is 0. The molecule has 0 fully saturated rings. The number of hydrogen-bond acceptors (Lipinski definition) is 1. The molecule has 5 heteroatoms. The lowest BCUT2D eigenvalue weighted by Gasteiger charge is -2.01. The van der Waals surface area contributed by atoms with E-state index in [1.165, 1.54) is 0 Å². The first-order valence-corrected chi connectivity index (χ1v) is 2.19. The zero-order valence-electron chi connectivity index (χ0n) is 4.27. The second-order valence-electron chi connectivity index (χ2n) is 1.53. The zero-order chi connectivity index (χ0) is 6.91. The summed E-state index contributed by atoms with van der Waals surface area (Å²) in [6.07, 6.45) is -3.67. The molecule has 0 atom stereocenters. The lowest BCUT2D eigenvalue weighted by molar-refractivity contribution is -0.0919. The van der Waals surface area contributed by atoms with Crippen LogP contribution in [0.2, 0.25) is 0 Å². The van der Waals surface area contributed by atoms with Gasteiger partial charge in [-0.05, 0) is 5.48 Å². The molecular formula is C4H3F3NO. The Kier molecular flexibility index (Phi) is 1.36. The van der Waals surface area contributed by atoms with E-state index >= 15 is 0 Å². The molecule has 0 saturated heterocycles. The van der Waals surface area contributed by atoms with Crippen molar-refractivity contribution in [1.29, 1.82) is 0 Å². The van der Waals surface area contributed by atoms with E-state index in [0.29, 0.717) is 6.26 Å². The second-order valence-corrected chi connectivity index (χ2v) is 1.53. The van der Waals surface area contributed by atoms with Crippen molar-refractivity contribution in [3.8, 4) is 0 Å². The Bertz CT molecular complexity index is 139. The molecular weight excluding hydrogens is 135 g/mol. The predicted octanol–water partition coefficient (Wildman–Crippen LogP) is 0.982. The summed E-state index contributed by atoms with van der Waals surface area (Å²) in [6.45, 7) is -0.385. The monoisotopic (exact) mass is 138 g/mol. The Balaban J connectivity index is 2.61. The zero-order valence-corrected chi connectivity index (χ0v) is 4.27. The maximum atomic E-state index is 11.6. The molecule has 0 saturated carbocycles. The van der Waals surface area contributed by atoms with E-state index in [-0.39, 0.29) is 6.54 Å². The van der Waals surface area contributed by atoms with Crippen LogP contribution < -0.4 is 5.48 Å². The molecule has 0 amide bonds. The summed E-state index contributed by atoms with van der Waals surface area (Å²) in [4.78, 5) is 4.03. The molecule has 9 heavy (non-hydrogen) atoms. The molecule has 0 aromatic carbocycles. The normalized spacial score (nSPS) is 19.2. The van der Waals surface area contributed by atoms with E-state index in [9.17, 15) is 13.2 Å². The molecule has 0 spiro atoms. The Morgan fingerprint density at radius 1 is 1.56 bits per heavy atom. The van der Waals surface area contributed by atoms with Crippen molar-refractivity contribution >= 4 is 0 Å². The van der Waals surface area contributed by atoms with Gasteiger partial charge in [0.25, 0.3) is 0 Å². The quantitative estimate of drug-likeness (QED) is 0.489. The molecule has 0 aromatic rings. The van der Waals surface area contributed by atoms with Crippen LogP contribution in [-0.2, 0) is 4.84 Å². The van der Waals surface area contributed by atoms with Crippen LogP contribution in [0.25, 0.3) is 0 Å². The molecule has 0 unspecified atom stereocenters. The van der Waals surface area contributed by atoms with Gasteiger partial charge < -0.3 is 4.84 Å². The first-order valence-electron chi connectivity index (χ1n) is 2.19. The van der Waals surface area contributed by atoms with Crippen LogP contribution in [0.4, 0.5) is 13.2 Å². The number of hydroxylamine groups is 1. The van der Waals surface area contributed by atoms with Gasteiger partial charge in [0.1, 0.15) is 6.26 Å². The Hall–Kier alpha value is -0.710. The minimum atomic E-state index is -4.28. The second kappa shape index (κ2) is 1.91. The van der Waals surface area contributed by atoms with Crippen molar-refractivity contribution in [1.82, 2.24) is 5.48 Å². The molecule has 51 valence electrons. The van der Waals surface area contributed by atoms with E-state index in [2.05, 4.69) is 10.3 Å². The van der Waals surface area contributed by atoms with E-state index < -0.39 is 11.7 Å². The van der Waals surface area contributed by atoms with E-state index in [1.54, 1.807) is 0 Å². The van der Waals surface area contributed by atoms with Gasteiger partial charge in [-0.2, -0.15) is 13.2 Å². The molecule has 1 aliphatic heterocycles. The lowest BCUT2D eigenvalue weighted by atomic mass is 10.3. The average Bonchev–Trinajstić information content (AvgIpc) is 2.08. The summed E-state index contributed by atoms with van der Waals surface area (Å²) < 4.78 is 34.7. The third-order valence-electron chi connectivity index (χ3n) is 0.869. The topological polar surface area (TPSA) is 23.3 Å². The standard InChI is InChI=1S/C4H3F3NO/c5-4(6,7)3-1-8-9-2-3/h2H,1H2. The molecule has 0 bridgehead atoms. The Morgan fingerprint density at radius 3 is 2.44 bits per heavy atom. The van der Waals surface area contributed by atoms with Crippen molar-refractivity contribution in [3.63, 3.8) is 0 Å². The summed E-state index contributed by atoms with van der Waals surface area (Å²) in [5, 5.41) is 0. The van der Waals surface area contributed by atoms with Crippen LogP contribution in [-0.4, -0.2) is 12.7 Å². The van der Waals surface area contributed by atoms with Crippen molar-refractivity contribution in [2.24, 2.45) is 0 Å². The van der Waals surface area contributed by atoms with Crippen LogP contribution >= 0.6 is 0 Å². The first kappa shape index (κ1) is 6.41. The molecule has 0 aliphatic carbocycles. The number of nitrogens with zero attached hydrogens (tertiary/aromatic N) is 1. The third-order valence-corrected chi connectivity index (χ3v) is 0.869. The van der Waals surface area contributed by atoms with E-state index in [1.807, 2.05) is 0 Å². The van der Waals surface area contributed by atoms with Crippen LogP contribution in [0.3, 0.4) is 0 Å². The fourth-order valence-electron chi connectivity index (χ4n) is 0.401. The van der Waals surface area contributed by atoms with Gasteiger partial charge >= 0.3 is 6.18 Å². The van der Waals surface area contributed by atoms with Gasteiger partial charge in [-0.25, -0.2) is 0 Å². The minimum absolute atomic E-state index is 0.385. The smallest absolute Gasteiger partial charge is 0.395 e. The fourth-order valence-corrected chi connectivity index (χ4v) is 0.401. The van der Waals surface area contributed by atoms with Crippen molar-refractivity contribution < 1.29 is 18.0 Å². The molecule has 1 radical (unpaired) electrons. The van der Waals surface area contributed by atoms with Gasteiger partial charge in [0.2, 0.25) is 0 Å². The summed E-state index contributed by atoms with van der Waals surface area (Å²) in [7, 11) is 0. The molecule has 1 aliphatic rings. The first-order chi connectivity index (χ1) is 4.11. The summed E-state index contributed by atoms with van der Waals surface area (Å²) in [5.41, 5.74) is 2.28. The highest BCUT2D eigenvalue weighted by atomic mass is 19.4. The van der Waals surface area contributed by atoms with Crippen molar-refractivity contribution in [2.45, 2.75) is 6.18 Å². The SMILES string of the molecule is FC(F)(F)C1=CO[N]C1. The molecule has 0 aromatic heterocycles. The highest BCUT2D eigenvalue weighted by Gasteiger charge is 2.36. The Labute approximate surface area is 49.3 Å².